The van der Waals surface area contributed by atoms with Crippen LogP contribution in [-0.2, 0) is 4.74 Å². The van der Waals surface area contributed by atoms with E-state index in [0.29, 0.717) is 19.8 Å². The lowest BCUT2D eigenvalue weighted by Crippen LogP contribution is -2.25. The van der Waals surface area contributed by atoms with Gasteiger partial charge >= 0.3 is 0 Å². The van der Waals surface area contributed by atoms with E-state index in [9.17, 15) is 5.11 Å². The van der Waals surface area contributed by atoms with Gasteiger partial charge in [-0.2, -0.15) is 0 Å². The van der Waals surface area contributed by atoms with Gasteiger partial charge in [0.2, 0.25) is 0 Å². The minimum atomic E-state index is -0.490. The molecule has 0 saturated heterocycles. The Morgan fingerprint density at radius 2 is 2.28 bits per heavy atom. The summed E-state index contributed by atoms with van der Waals surface area (Å²) in [6, 6.07) is 7.70. The summed E-state index contributed by atoms with van der Waals surface area (Å²) in [5.41, 5.74) is 0.907. The quantitative estimate of drug-likeness (QED) is 0.544. The van der Waals surface area contributed by atoms with E-state index in [1.54, 1.807) is 0 Å². The predicted molar refractivity (Wildman–Crippen MR) is 77.6 cm³/mol. The molecule has 0 fully saturated rings. The largest absolute Gasteiger partial charge is 0.387 e. The maximum absolute atomic E-state index is 9.95. The number of rotatable bonds is 9. The first-order valence-corrected chi connectivity index (χ1v) is 6.86. The van der Waals surface area contributed by atoms with Crippen molar-refractivity contribution in [3.05, 3.63) is 47.0 Å². The predicted octanol–water partition coefficient (Wildman–Crippen LogP) is 2.66. The molecular formula is C14H20BrNO2. The molecule has 0 spiro atoms. The molecule has 1 aromatic carbocycles. The summed E-state index contributed by atoms with van der Waals surface area (Å²) in [7, 11) is 0. The Hall–Kier alpha value is -0.680. The van der Waals surface area contributed by atoms with Gasteiger partial charge in [-0.05, 0) is 24.1 Å². The third kappa shape index (κ3) is 6.31. The fraction of sp³-hybridized carbons (Fsp3) is 0.429. The molecule has 18 heavy (non-hydrogen) atoms. The van der Waals surface area contributed by atoms with Gasteiger partial charge in [-0.3, -0.25) is 0 Å². The number of halogens is 1. The highest BCUT2D eigenvalue weighted by atomic mass is 79.9. The Labute approximate surface area is 117 Å². The molecule has 1 atom stereocenters. The molecule has 0 radical (unpaired) electrons. The van der Waals surface area contributed by atoms with Crippen LogP contribution in [0.5, 0.6) is 0 Å². The van der Waals surface area contributed by atoms with Crippen molar-refractivity contribution >= 4 is 15.9 Å². The molecule has 1 aromatic rings. The molecule has 0 bridgehead atoms. The number of aliphatic hydroxyl groups is 1. The van der Waals surface area contributed by atoms with Crippen molar-refractivity contribution in [1.82, 2.24) is 5.32 Å². The van der Waals surface area contributed by atoms with Crippen LogP contribution in [0.2, 0.25) is 0 Å². The van der Waals surface area contributed by atoms with Crippen LogP contribution in [-0.4, -0.2) is 31.4 Å². The Kier molecular flexibility index (Phi) is 7.93. The van der Waals surface area contributed by atoms with E-state index in [2.05, 4.69) is 27.8 Å². The first-order valence-electron chi connectivity index (χ1n) is 6.07. The Morgan fingerprint density at radius 3 is 3.00 bits per heavy atom. The van der Waals surface area contributed by atoms with E-state index < -0.39 is 6.10 Å². The molecule has 0 aliphatic rings. The summed E-state index contributed by atoms with van der Waals surface area (Å²) in [5, 5.41) is 13.1. The minimum absolute atomic E-state index is 0.490. The SMILES string of the molecule is C=CCCOCCNCC(O)c1cccc(Br)c1. The van der Waals surface area contributed by atoms with Crippen LogP contribution >= 0.6 is 15.9 Å². The normalized spacial score (nSPS) is 12.3. The minimum Gasteiger partial charge on any atom is -0.387 e. The van der Waals surface area contributed by atoms with Crippen molar-refractivity contribution in [2.24, 2.45) is 0 Å². The molecule has 1 rings (SSSR count). The molecule has 2 N–H and O–H groups in total. The number of hydrogen-bond donors (Lipinski definition) is 2. The molecule has 0 aromatic heterocycles. The summed E-state index contributed by atoms with van der Waals surface area (Å²) in [4.78, 5) is 0. The zero-order valence-electron chi connectivity index (χ0n) is 10.4. The van der Waals surface area contributed by atoms with Crippen molar-refractivity contribution in [1.29, 1.82) is 0 Å². The molecule has 100 valence electrons. The van der Waals surface area contributed by atoms with Gasteiger partial charge in [0.05, 0.1) is 19.3 Å². The fourth-order valence-corrected chi connectivity index (χ4v) is 1.90. The number of ether oxygens (including phenoxy) is 1. The first-order chi connectivity index (χ1) is 8.74. The van der Waals surface area contributed by atoms with Crippen LogP contribution in [0.4, 0.5) is 0 Å². The Bertz CT molecular complexity index is 357. The van der Waals surface area contributed by atoms with E-state index in [1.807, 2.05) is 30.3 Å². The zero-order valence-corrected chi connectivity index (χ0v) is 12.0. The van der Waals surface area contributed by atoms with Crippen molar-refractivity contribution in [3.63, 3.8) is 0 Å². The van der Waals surface area contributed by atoms with Gasteiger partial charge in [0, 0.05) is 17.6 Å². The second-order valence-electron chi connectivity index (χ2n) is 3.96. The van der Waals surface area contributed by atoms with Gasteiger partial charge in [0.15, 0.2) is 0 Å². The fourth-order valence-electron chi connectivity index (χ4n) is 1.48. The van der Waals surface area contributed by atoms with Gasteiger partial charge < -0.3 is 15.2 Å². The van der Waals surface area contributed by atoms with Gasteiger partial charge in [-0.15, -0.1) is 6.58 Å². The Balaban J connectivity index is 2.13. The Morgan fingerprint density at radius 1 is 1.44 bits per heavy atom. The van der Waals surface area contributed by atoms with Gasteiger partial charge in [-0.25, -0.2) is 0 Å². The first kappa shape index (κ1) is 15.4. The summed E-state index contributed by atoms with van der Waals surface area (Å²) >= 11 is 3.39. The highest BCUT2D eigenvalue weighted by molar-refractivity contribution is 9.10. The maximum atomic E-state index is 9.95. The third-order valence-corrected chi connectivity index (χ3v) is 2.95. The van der Waals surface area contributed by atoms with Gasteiger partial charge in [0.1, 0.15) is 0 Å². The highest BCUT2D eigenvalue weighted by Crippen LogP contribution is 2.17. The smallest absolute Gasteiger partial charge is 0.0914 e. The lowest BCUT2D eigenvalue weighted by atomic mass is 10.1. The van der Waals surface area contributed by atoms with Crippen molar-refractivity contribution in [2.75, 3.05) is 26.3 Å². The van der Waals surface area contributed by atoms with E-state index >= 15 is 0 Å². The highest BCUT2D eigenvalue weighted by Gasteiger charge is 2.06. The third-order valence-electron chi connectivity index (χ3n) is 2.46. The molecule has 0 aliphatic heterocycles. The second-order valence-corrected chi connectivity index (χ2v) is 4.88. The van der Waals surface area contributed by atoms with Gasteiger partial charge in [0.25, 0.3) is 0 Å². The van der Waals surface area contributed by atoms with Crippen LogP contribution in [0.3, 0.4) is 0 Å². The van der Waals surface area contributed by atoms with Gasteiger partial charge in [-0.1, -0.05) is 34.1 Å². The lowest BCUT2D eigenvalue weighted by Gasteiger charge is -2.12. The number of aliphatic hydroxyl groups excluding tert-OH is 1. The standard InChI is InChI=1S/C14H20BrNO2/c1-2-3-8-18-9-7-16-11-14(17)12-5-4-6-13(15)10-12/h2,4-6,10,14,16-17H,1,3,7-9,11H2. The maximum Gasteiger partial charge on any atom is 0.0914 e. The molecule has 3 nitrogen and oxygen atoms in total. The van der Waals surface area contributed by atoms with Crippen LogP contribution in [0.25, 0.3) is 0 Å². The number of nitrogens with one attached hydrogen (secondary N) is 1. The van der Waals surface area contributed by atoms with E-state index in [0.717, 1.165) is 23.0 Å². The molecular weight excluding hydrogens is 294 g/mol. The average Bonchev–Trinajstić information content (AvgIpc) is 2.37. The molecule has 0 aliphatic carbocycles. The summed E-state index contributed by atoms with van der Waals surface area (Å²) in [6.07, 6.45) is 2.22. The zero-order chi connectivity index (χ0) is 13.2. The molecule has 4 heteroatoms. The molecule has 0 heterocycles. The number of hydrogen-bond acceptors (Lipinski definition) is 3. The van der Waals surface area contributed by atoms with E-state index in [4.69, 9.17) is 4.74 Å². The lowest BCUT2D eigenvalue weighted by molar-refractivity contribution is 0.131. The molecule has 0 saturated carbocycles. The van der Waals surface area contributed by atoms with Crippen molar-refractivity contribution < 1.29 is 9.84 Å². The molecule has 1 unspecified atom stereocenters. The van der Waals surface area contributed by atoms with Crippen molar-refractivity contribution in [3.8, 4) is 0 Å². The topological polar surface area (TPSA) is 41.5 Å². The monoisotopic (exact) mass is 313 g/mol. The summed E-state index contributed by atoms with van der Waals surface area (Å²) in [5.74, 6) is 0. The summed E-state index contributed by atoms with van der Waals surface area (Å²) < 4.78 is 6.34. The van der Waals surface area contributed by atoms with Crippen LogP contribution in [0, 0.1) is 0 Å². The average molecular weight is 314 g/mol. The van der Waals surface area contributed by atoms with Crippen LogP contribution < -0.4 is 5.32 Å². The van der Waals surface area contributed by atoms with E-state index in [-0.39, 0.29) is 0 Å². The molecule has 0 amide bonds. The van der Waals surface area contributed by atoms with Crippen LogP contribution in [0.15, 0.2) is 41.4 Å². The second kappa shape index (κ2) is 9.28. The summed E-state index contributed by atoms with van der Waals surface area (Å²) in [6.45, 7) is 6.25. The van der Waals surface area contributed by atoms with Crippen molar-refractivity contribution in [2.45, 2.75) is 12.5 Å². The van der Waals surface area contributed by atoms with E-state index in [1.165, 1.54) is 0 Å². The van der Waals surface area contributed by atoms with Crippen LogP contribution in [0.1, 0.15) is 18.1 Å². The number of benzene rings is 1.